The molecule has 0 bridgehead atoms. The van der Waals surface area contributed by atoms with Gasteiger partial charge in [0.2, 0.25) is 0 Å². The number of aliphatic imine (C=N–C) groups is 1. The van der Waals surface area contributed by atoms with Gasteiger partial charge in [0, 0.05) is 31.0 Å². The molecule has 2 aromatic carbocycles. The molecule has 0 saturated carbocycles. The molecule has 0 aliphatic rings. The van der Waals surface area contributed by atoms with Gasteiger partial charge in [0.15, 0.2) is 0 Å². The van der Waals surface area contributed by atoms with Crippen molar-refractivity contribution in [3.63, 3.8) is 0 Å². The molecule has 0 saturated heterocycles. The van der Waals surface area contributed by atoms with Crippen LogP contribution < -0.4 is 4.74 Å². The maximum Gasteiger partial charge on any atom is 0.118 e. The third-order valence-corrected chi connectivity index (χ3v) is 5.68. The maximum atomic E-state index is 5.23. The molecular formula is C23H28BrN3OS. The second kappa shape index (κ2) is 10.6. The first-order valence-electron chi connectivity index (χ1n) is 9.43. The minimum Gasteiger partial charge on any atom is -0.497 e. The molecule has 3 rings (SSSR count). The summed E-state index contributed by atoms with van der Waals surface area (Å²) in [5, 5.41) is 3.24. The summed E-state index contributed by atoms with van der Waals surface area (Å²) >= 11 is 1.71. The highest BCUT2D eigenvalue weighted by atomic mass is 79.9. The number of benzene rings is 2. The van der Waals surface area contributed by atoms with Crippen molar-refractivity contribution >= 4 is 40.3 Å². The van der Waals surface area contributed by atoms with Crippen LogP contribution in [0.4, 0.5) is 5.69 Å². The fraction of sp³-hybridized carbons (Fsp3) is 0.304. The highest BCUT2D eigenvalue weighted by Crippen LogP contribution is 2.28. The number of hydrogen-bond acceptors (Lipinski definition) is 4. The van der Waals surface area contributed by atoms with E-state index in [9.17, 15) is 0 Å². The van der Waals surface area contributed by atoms with E-state index in [-0.39, 0.29) is 17.0 Å². The molecule has 0 aliphatic carbocycles. The van der Waals surface area contributed by atoms with Gasteiger partial charge in [0.25, 0.3) is 0 Å². The molecule has 0 spiro atoms. The molecule has 0 fully saturated rings. The SMILES string of the molecule is Br.CCN(C)C=Nc1cc(C)c(Cc2nc(-c3ccc(OC)cc3)cs2)cc1C. The second-order valence-corrected chi connectivity index (χ2v) is 7.86. The van der Waals surface area contributed by atoms with Gasteiger partial charge in [0.05, 0.1) is 29.8 Å². The summed E-state index contributed by atoms with van der Waals surface area (Å²) in [7, 11) is 3.71. The second-order valence-electron chi connectivity index (χ2n) is 6.91. The highest BCUT2D eigenvalue weighted by molar-refractivity contribution is 8.93. The molecule has 0 radical (unpaired) electrons. The van der Waals surface area contributed by atoms with Crippen LogP contribution in [-0.4, -0.2) is 36.9 Å². The molecule has 0 aliphatic heterocycles. The largest absolute Gasteiger partial charge is 0.497 e. The third kappa shape index (κ3) is 5.90. The van der Waals surface area contributed by atoms with Gasteiger partial charge in [-0.1, -0.05) is 6.07 Å². The predicted octanol–water partition coefficient (Wildman–Crippen LogP) is 6.22. The molecule has 3 aromatic rings. The normalized spacial score (nSPS) is 10.8. The Morgan fingerprint density at radius 3 is 2.52 bits per heavy atom. The molecule has 4 nitrogen and oxygen atoms in total. The van der Waals surface area contributed by atoms with E-state index in [1.165, 1.54) is 16.7 Å². The van der Waals surface area contributed by atoms with Crippen LogP contribution in [0.5, 0.6) is 5.75 Å². The van der Waals surface area contributed by atoms with Crippen LogP contribution in [0, 0.1) is 13.8 Å². The Hall–Kier alpha value is -2.18. The summed E-state index contributed by atoms with van der Waals surface area (Å²) in [6.07, 6.45) is 2.73. The molecule has 1 aromatic heterocycles. The minimum absolute atomic E-state index is 0. The van der Waals surface area contributed by atoms with Gasteiger partial charge in [-0.25, -0.2) is 9.98 Å². The van der Waals surface area contributed by atoms with Gasteiger partial charge in [-0.15, -0.1) is 28.3 Å². The van der Waals surface area contributed by atoms with Crippen molar-refractivity contribution in [3.8, 4) is 17.0 Å². The number of aromatic nitrogens is 1. The number of rotatable bonds is 7. The lowest BCUT2D eigenvalue weighted by Gasteiger charge is -2.11. The first kappa shape index (κ1) is 23.1. The Morgan fingerprint density at radius 2 is 1.86 bits per heavy atom. The van der Waals surface area contributed by atoms with Crippen LogP contribution in [0.3, 0.4) is 0 Å². The quantitative estimate of drug-likeness (QED) is 0.302. The lowest BCUT2D eigenvalue weighted by molar-refractivity contribution is 0.415. The van der Waals surface area contributed by atoms with Crippen molar-refractivity contribution in [1.29, 1.82) is 0 Å². The number of hydrogen-bond donors (Lipinski definition) is 0. The summed E-state index contributed by atoms with van der Waals surface area (Å²) < 4.78 is 5.23. The van der Waals surface area contributed by atoms with E-state index in [1.807, 2.05) is 37.7 Å². The van der Waals surface area contributed by atoms with Gasteiger partial charge in [-0.3, -0.25) is 0 Å². The molecule has 0 N–H and O–H groups in total. The van der Waals surface area contributed by atoms with Crippen LogP contribution in [0.2, 0.25) is 0 Å². The van der Waals surface area contributed by atoms with E-state index < -0.39 is 0 Å². The standard InChI is InChI=1S/C23H27N3OS.BrH/c1-6-26(4)15-24-21-12-16(2)19(11-17(21)3)13-23-25-22(14-28-23)18-7-9-20(27-5)10-8-18;/h7-12,14-15H,6,13H2,1-5H3;1H. The van der Waals surface area contributed by atoms with Crippen LogP contribution in [0.25, 0.3) is 11.3 Å². The molecule has 154 valence electrons. The van der Waals surface area contributed by atoms with E-state index in [0.717, 1.165) is 40.7 Å². The number of ether oxygens (including phenoxy) is 1. The molecule has 0 atom stereocenters. The zero-order valence-electron chi connectivity index (χ0n) is 17.6. The van der Waals surface area contributed by atoms with Crippen molar-refractivity contribution in [2.24, 2.45) is 4.99 Å². The number of halogens is 1. The van der Waals surface area contributed by atoms with Gasteiger partial charge >= 0.3 is 0 Å². The highest BCUT2D eigenvalue weighted by Gasteiger charge is 2.09. The Balaban J connectivity index is 0.00000300. The minimum atomic E-state index is 0. The van der Waals surface area contributed by atoms with Gasteiger partial charge in [-0.2, -0.15) is 0 Å². The van der Waals surface area contributed by atoms with Crippen molar-refractivity contribution < 1.29 is 4.74 Å². The average Bonchev–Trinajstić information content (AvgIpc) is 3.17. The van der Waals surface area contributed by atoms with E-state index in [2.05, 4.69) is 48.2 Å². The van der Waals surface area contributed by atoms with Crippen molar-refractivity contribution in [2.45, 2.75) is 27.2 Å². The van der Waals surface area contributed by atoms with Crippen LogP contribution in [0.15, 0.2) is 46.8 Å². The Labute approximate surface area is 188 Å². The predicted molar refractivity (Wildman–Crippen MR) is 130 cm³/mol. The molecule has 1 heterocycles. The summed E-state index contributed by atoms with van der Waals surface area (Å²) in [5.74, 6) is 0.859. The van der Waals surface area contributed by atoms with Crippen LogP contribution in [-0.2, 0) is 6.42 Å². The van der Waals surface area contributed by atoms with Gasteiger partial charge in [0.1, 0.15) is 5.75 Å². The Bertz CT molecular complexity index is 967. The molecule has 29 heavy (non-hydrogen) atoms. The molecular weight excluding hydrogens is 446 g/mol. The number of aryl methyl sites for hydroxylation is 2. The van der Waals surface area contributed by atoms with Crippen molar-refractivity contribution in [3.05, 3.63) is 63.5 Å². The average molecular weight is 474 g/mol. The van der Waals surface area contributed by atoms with E-state index in [1.54, 1.807) is 18.4 Å². The number of thiazole rings is 1. The van der Waals surface area contributed by atoms with Crippen LogP contribution >= 0.6 is 28.3 Å². The number of nitrogens with zero attached hydrogens (tertiary/aromatic N) is 3. The Kier molecular flexibility index (Phi) is 8.41. The molecule has 6 heteroatoms. The lowest BCUT2D eigenvalue weighted by Crippen LogP contribution is -2.14. The maximum absolute atomic E-state index is 5.23. The van der Waals surface area contributed by atoms with E-state index in [4.69, 9.17) is 9.72 Å². The zero-order chi connectivity index (χ0) is 20.1. The van der Waals surface area contributed by atoms with E-state index >= 15 is 0 Å². The van der Waals surface area contributed by atoms with Gasteiger partial charge < -0.3 is 9.64 Å². The molecule has 0 amide bonds. The fourth-order valence-corrected chi connectivity index (χ4v) is 3.71. The summed E-state index contributed by atoms with van der Waals surface area (Å²) in [6, 6.07) is 12.4. The van der Waals surface area contributed by atoms with Crippen LogP contribution in [0.1, 0.15) is 28.6 Å². The summed E-state index contributed by atoms with van der Waals surface area (Å²) in [4.78, 5) is 11.5. The monoisotopic (exact) mass is 473 g/mol. The topological polar surface area (TPSA) is 37.7 Å². The first-order chi connectivity index (χ1) is 13.5. The van der Waals surface area contributed by atoms with Crippen molar-refractivity contribution in [1.82, 2.24) is 9.88 Å². The first-order valence-corrected chi connectivity index (χ1v) is 10.3. The third-order valence-electron chi connectivity index (χ3n) is 4.83. The fourth-order valence-electron chi connectivity index (χ4n) is 2.88. The zero-order valence-corrected chi connectivity index (χ0v) is 20.1. The van der Waals surface area contributed by atoms with Gasteiger partial charge in [-0.05, 0) is 67.8 Å². The molecule has 0 unspecified atom stereocenters. The smallest absolute Gasteiger partial charge is 0.118 e. The van der Waals surface area contributed by atoms with E-state index in [0.29, 0.717) is 0 Å². The number of methoxy groups -OCH3 is 1. The summed E-state index contributed by atoms with van der Waals surface area (Å²) in [6.45, 7) is 7.32. The lowest BCUT2D eigenvalue weighted by atomic mass is 10.0. The Morgan fingerprint density at radius 1 is 1.14 bits per heavy atom. The van der Waals surface area contributed by atoms with Crippen molar-refractivity contribution in [2.75, 3.05) is 20.7 Å². The summed E-state index contributed by atoms with van der Waals surface area (Å²) in [5.41, 5.74) is 6.89.